The Morgan fingerprint density at radius 2 is 1.86 bits per heavy atom. The summed E-state index contributed by atoms with van der Waals surface area (Å²) in [5, 5.41) is 10.00. The van der Waals surface area contributed by atoms with Gasteiger partial charge in [-0.15, -0.1) is 0 Å². The van der Waals surface area contributed by atoms with Crippen LogP contribution in [0.3, 0.4) is 0 Å². The zero-order valence-electron chi connectivity index (χ0n) is 8.60. The number of hydrogen-bond donors (Lipinski definition) is 2. The highest BCUT2D eigenvalue weighted by Gasteiger charge is 2.52. The van der Waals surface area contributed by atoms with Crippen LogP contribution in [0.4, 0.5) is 0 Å². The van der Waals surface area contributed by atoms with Gasteiger partial charge in [-0.2, -0.15) is 0 Å². The Morgan fingerprint density at radius 1 is 1.07 bits per heavy atom. The van der Waals surface area contributed by atoms with Crippen molar-refractivity contribution in [3.8, 4) is 0 Å². The second kappa shape index (κ2) is 3.19. The van der Waals surface area contributed by atoms with Crippen LogP contribution < -0.4 is 5.73 Å². The predicted octanol–water partition coefficient (Wildman–Crippen LogP) is 0.321. The van der Waals surface area contributed by atoms with E-state index in [4.69, 9.17) is 5.73 Å². The van der Waals surface area contributed by atoms with Crippen LogP contribution >= 0.6 is 0 Å². The van der Waals surface area contributed by atoms with E-state index in [0.29, 0.717) is 18.0 Å². The minimum Gasteiger partial charge on any atom is -0.393 e. The van der Waals surface area contributed by atoms with Crippen molar-refractivity contribution in [2.45, 2.75) is 56.3 Å². The molecule has 0 aromatic carbocycles. The molecule has 0 aromatic heterocycles. The molecule has 3 fully saturated rings. The lowest BCUT2D eigenvalue weighted by Crippen LogP contribution is -2.45. The summed E-state index contributed by atoms with van der Waals surface area (Å²) in [6.07, 6.45) is 5.83. The molecule has 0 unspecified atom stereocenters. The molecule has 3 aliphatic rings. The Morgan fingerprint density at radius 3 is 2.71 bits per heavy atom. The van der Waals surface area contributed by atoms with E-state index < -0.39 is 0 Å². The smallest absolute Gasteiger partial charge is 0.0598 e. The number of aliphatic hydroxyl groups excluding tert-OH is 1. The van der Waals surface area contributed by atoms with Gasteiger partial charge in [-0.25, -0.2) is 0 Å². The monoisotopic (exact) mass is 196 g/mol. The Labute approximate surface area is 85.3 Å². The van der Waals surface area contributed by atoms with Crippen molar-refractivity contribution < 1.29 is 5.11 Å². The van der Waals surface area contributed by atoms with Gasteiger partial charge in [0, 0.05) is 24.0 Å². The van der Waals surface area contributed by atoms with Crippen molar-refractivity contribution in [2.24, 2.45) is 11.7 Å². The van der Waals surface area contributed by atoms with Gasteiger partial charge in [-0.3, -0.25) is 4.90 Å². The average Bonchev–Trinajstić information content (AvgIpc) is 2.71. The van der Waals surface area contributed by atoms with Gasteiger partial charge < -0.3 is 10.8 Å². The average molecular weight is 196 g/mol. The largest absolute Gasteiger partial charge is 0.393 e. The van der Waals surface area contributed by atoms with Gasteiger partial charge in [0.1, 0.15) is 0 Å². The first-order chi connectivity index (χ1) is 6.79. The molecule has 3 heteroatoms. The molecular weight excluding hydrogens is 176 g/mol. The van der Waals surface area contributed by atoms with Crippen molar-refractivity contribution >= 4 is 0 Å². The van der Waals surface area contributed by atoms with Gasteiger partial charge >= 0.3 is 0 Å². The molecule has 0 bridgehead atoms. The van der Waals surface area contributed by atoms with Crippen LogP contribution in [0.25, 0.3) is 0 Å². The lowest BCUT2D eigenvalue weighted by molar-refractivity contribution is 0.0385. The summed E-state index contributed by atoms with van der Waals surface area (Å²) < 4.78 is 0. The number of fused-ring (bicyclic) bond motifs is 3. The highest BCUT2D eigenvalue weighted by Crippen LogP contribution is 2.42. The standard InChI is InChI=1S/C11H20N2O/c12-11-8-4-2-6-13(8)7-3-1-5-9(14)10(7)11/h7-11,14H,1-6,12H2/t7-,8+,9+,10-,11-/m0/s1. The first kappa shape index (κ1) is 9.13. The molecule has 3 nitrogen and oxygen atoms in total. The normalized spacial score (nSPS) is 53.1. The lowest BCUT2D eigenvalue weighted by Gasteiger charge is -2.34. The summed E-state index contributed by atoms with van der Waals surface area (Å²) >= 11 is 0. The number of aliphatic hydroxyl groups is 1. The summed E-state index contributed by atoms with van der Waals surface area (Å²) in [5.74, 6) is 0.369. The molecule has 0 spiro atoms. The first-order valence-electron chi connectivity index (χ1n) is 5.98. The van der Waals surface area contributed by atoms with Crippen LogP contribution in [0, 0.1) is 5.92 Å². The maximum atomic E-state index is 10.00. The van der Waals surface area contributed by atoms with Crippen LogP contribution in [0.2, 0.25) is 0 Å². The molecule has 1 saturated carbocycles. The quantitative estimate of drug-likeness (QED) is 0.586. The summed E-state index contributed by atoms with van der Waals surface area (Å²) in [6.45, 7) is 1.21. The molecule has 0 radical (unpaired) electrons. The van der Waals surface area contributed by atoms with Crippen molar-refractivity contribution in [3.63, 3.8) is 0 Å². The molecule has 2 saturated heterocycles. The molecule has 2 heterocycles. The molecule has 5 atom stereocenters. The maximum absolute atomic E-state index is 10.00. The Balaban J connectivity index is 1.87. The molecule has 2 aliphatic heterocycles. The summed E-state index contributed by atoms with van der Waals surface area (Å²) in [4.78, 5) is 2.58. The van der Waals surface area contributed by atoms with E-state index in [1.165, 1.54) is 32.2 Å². The Hall–Kier alpha value is -0.120. The number of nitrogens with zero attached hydrogens (tertiary/aromatic N) is 1. The minimum absolute atomic E-state index is 0.130. The van der Waals surface area contributed by atoms with Crippen molar-refractivity contribution in [2.75, 3.05) is 6.54 Å². The molecule has 1 aliphatic carbocycles. The summed E-state index contributed by atoms with van der Waals surface area (Å²) in [7, 11) is 0. The fourth-order valence-corrected chi connectivity index (χ4v) is 3.97. The van der Waals surface area contributed by atoms with E-state index >= 15 is 0 Å². The maximum Gasteiger partial charge on any atom is 0.0598 e. The molecule has 0 aromatic rings. The zero-order chi connectivity index (χ0) is 9.71. The number of rotatable bonds is 0. The topological polar surface area (TPSA) is 49.5 Å². The van der Waals surface area contributed by atoms with E-state index in [0.717, 1.165) is 6.42 Å². The highest BCUT2D eigenvalue weighted by molar-refractivity contribution is 5.08. The fourth-order valence-electron chi connectivity index (χ4n) is 3.97. The minimum atomic E-state index is -0.130. The third-order valence-corrected chi connectivity index (χ3v) is 4.55. The number of hydrogen-bond acceptors (Lipinski definition) is 3. The van der Waals surface area contributed by atoms with E-state index in [9.17, 15) is 5.11 Å². The van der Waals surface area contributed by atoms with Gasteiger partial charge in [-0.05, 0) is 38.6 Å². The van der Waals surface area contributed by atoms with Crippen LogP contribution in [-0.2, 0) is 0 Å². The fraction of sp³-hybridized carbons (Fsp3) is 1.00. The molecule has 80 valence electrons. The summed E-state index contributed by atoms with van der Waals surface area (Å²) in [6, 6.07) is 1.41. The van der Waals surface area contributed by atoms with Crippen molar-refractivity contribution in [1.29, 1.82) is 0 Å². The SMILES string of the molecule is N[C@@H]1[C@@H]2[C@H](O)CCC[C@@H]2N2CCC[C@H]12. The third-order valence-electron chi connectivity index (χ3n) is 4.55. The van der Waals surface area contributed by atoms with E-state index in [-0.39, 0.29) is 12.1 Å². The second-order valence-corrected chi connectivity index (χ2v) is 5.17. The van der Waals surface area contributed by atoms with Crippen LogP contribution in [-0.4, -0.2) is 40.8 Å². The van der Waals surface area contributed by atoms with E-state index in [1.54, 1.807) is 0 Å². The van der Waals surface area contributed by atoms with Gasteiger partial charge in [0.15, 0.2) is 0 Å². The van der Waals surface area contributed by atoms with Crippen molar-refractivity contribution in [1.82, 2.24) is 4.90 Å². The molecule has 14 heavy (non-hydrogen) atoms. The van der Waals surface area contributed by atoms with Gasteiger partial charge in [0.05, 0.1) is 6.10 Å². The Bertz CT molecular complexity index is 233. The third kappa shape index (κ3) is 1.09. The highest BCUT2D eigenvalue weighted by atomic mass is 16.3. The van der Waals surface area contributed by atoms with Crippen LogP contribution in [0.15, 0.2) is 0 Å². The summed E-state index contributed by atoms with van der Waals surface area (Å²) in [5.41, 5.74) is 6.26. The van der Waals surface area contributed by atoms with Crippen LogP contribution in [0.5, 0.6) is 0 Å². The van der Waals surface area contributed by atoms with Gasteiger partial charge in [0.2, 0.25) is 0 Å². The van der Waals surface area contributed by atoms with E-state index in [2.05, 4.69) is 4.90 Å². The van der Waals surface area contributed by atoms with Crippen molar-refractivity contribution in [3.05, 3.63) is 0 Å². The van der Waals surface area contributed by atoms with Gasteiger partial charge in [0.25, 0.3) is 0 Å². The molecular formula is C11H20N2O. The molecule has 3 rings (SSSR count). The van der Waals surface area contributed by atoms with Gasteiger partial charge in [-0.1, -0.05) is 0 Å². The lowest BCUT2D eigenvalue weighted by atomic mass is 9.79. The first-order valence-corrected chi connectivity index (χ1v) is 5.98. The number of nitrogens with two attached hydrogens (primary N) is 1. The second-order valence-electron chi connectivity index (χ2n) is 5.17. The van der Waals surface area contributed by atoms with Crippen LogP contribution in [0.1, 0.15) is 32.1 Å². The zero-order valence-corrected chi connectivity index (χ0v) is 8.60. The van der Waals surface area contributed by atoms with E-state index in [1.807, 2.05) is 0 Å². The predicted molar refractivity (Wildman–Crippen MR) is 54.8 cm³/mol. The molecule has 0 amide bonds. The molecule has 3 N–H and O–H groups in total. The Kier molecular flexibility index (Phi) is 2.08.